The van der Waals surface area contributed by atoms with Gasteiger partial charge >= 0.3 is 12.1 Å². The highest BCUT2D eigenvalue weighted by molar-refractivity contribution is 5.79. The number of carboxylic acid groups (broad SMARTS) is 1. The van der Waals surface area contributed by atoms with Crippen LogP contribution in [0.5, 0.6) is 0 Å². The van der Waals surface area contributed by atoms with E-state index < -0.39 is 18.1 Å². The van der Waals surface area contributed by atoms with Crippen molar-refractivity contribution in [1.82, 2.24) is 10.6 Å². The minimum Gasteiger partial charge on any atom is -0.480 e. The summed E-state index contributed by atoms with van der Waals surface area (Å²) < 4.78 is 5.00. The second-order valence-corrected chi connectivity index (χ2v) is 5.08. The monoisotopic (exact) mass is 322 g/mol. The van der Waals surface area contributed by atoms with Crippen LogP contribution in [0.4, 0.5) is 4.79 Å². The van der Waals surface area contributed by atoms with Gasteiger partial charge in [-0.3, -0.25) is 4.79 Å². The number of carboxylic acids is 1. The first-order valence-electron chi connectivity index (χ1n) is 7.43. The third-order valence-corrected chi connectivity index (χ3v) is 3.10. The second-order valence-electron chi connectivity index (χ2n) is 5.08. The van der Waals surface area contributed by atoms with Gasteiger partial charge in [-0.2, -0.15) is 0 Å². The molecule has 0 radical (unpaired) electrons. The number of ether oxygens (including phenoxy) is 1. The number of carbonyl (C=O) groups is 3. The molecule has 23 heavy (non-hydrogen) atoms. The highest BCUT2D eigenvalue weighted by Crippen LogP contribution is 2.04. The van der Waals surface area contributed by atoms with Gasteiger partial charge in [0.05, 0.1) is 0 Å². The summed E-state index contributed by atoms with van der Waals surface area (Å²) in [7, 11) is 0. The molecule has 1 aromatic carbocycles. The lowest BCUT2D eigenvalue weighted by Crippen LogP contribution is -2.41. The van der Waals surface area contributed by atoms with Crippen LogP contribution in [0, 0.1) is 0 Å². The number of hydrogen-bond donors (Lipinski definition) is 3. The van der Waals surface area contributed by atoms with Crippen LogP contribution in [0.1, 0.15) is 31.7 Å². The van der Waals surface area contributed by atoms with Crippen molar-refractivity contribution in [2.45, 2.75) is 38.8 Å². The van der Waals surface area contributed by atoms with Gasteiger partial charge in [-0.25, -0.2) is 9.59 Å². The first kappa shape index (κ1) is 18.5. The van der Waals surface area contributed by atoms with Gasteiger partial charge in [0, 0.05) is 13.5 Å². The maximum Gasteiger partial charge on any atom is 0.408 e. The first-order valence-corrected chi connectivity index (χ1v) is 7.43. The van der Waals surface area contributed by atoms with Crippen LogP contribution < -0.4 is 10.6 Å². The summed E-state index contributed by atoms with van der Waals surface area (Å²) in [6, 6.07) is 8.12. The Labute approximate surface area is 135 Å². The third-order valence-electron chi connectivity index (χ3n) is 3.10. The zero-order valence-electron chi connectivity index (χ0n) is 13.1. The molecule has 0 aliphatic carbocycles. The minimum absolute atomic E-state index is 0.0849. The van der Waals surface area contributed by atoms with Crippen LogP contribution in [0.3, 0.4) is 0 Å². The zero-order chi connectivity index (χ0) is 17.1. The largest absolute Gasteiger partial charge is 0.480 e. The van der Waals surface area contributed by atoms with Crippen LogP contribution in [0.25, 0.3) is 0 Å². The minimum atomic E-state index is -1.11. The highest BCUT2D eigenvalue weighted by atomic mass is 16.5. The molecule has 1 unspecified atom stereocenters. The van der Waals surface area contributed by atoms with E-state index in [1.807, 2.05) is 30.3 Å². The molecule has 126 valence electrons. The molecule has 1 aromatic rings. The molecular formula is C16H22N2O5. The number of alkyl carbamates (subject to hydrolysis) is 1. The first-order chi connectivity index (χ1) is 11.0. The number of rotatable bonds is 9. The van der Waals surface area contributed by atoms with Crippen molar-refractivity contribution in [2.24, 2.45) is 0 Å². The number of nitrogens with one attached hydrogen (secondary N) is 2. The molecule has 0 aliphatic rings. The van der Waals surface area contributed by atoms with Gasteiger partial charge in [0.15, 0.2) is 0 Å². The molecule has 1 atom stereocenters. The van der Waals surface area contributed by atoms with Gasteiger partial charge in [-0.15, -0.1) is 0 Å². The molecule has 3 N–H and O–H groups in total. The van der Waals surface area contributed by atoms with Crippen molar-refractivity contribution in [2.75, 3.05) is 6.54 Å². The Morgan fingerprint density at radius 2 is 1.87 bits per heavy atom. The van der Waals surface area contributed by atoms with E-state index in [1.165, 1.54) is 6.92 Å². The summed E-state index contributed by atoms with van der Waals surface area (Å²) in [4.78, 5) is 33.5. The average Bonchev–Trinajstić information content (AvgIpc) is 2.52. The van der Waals surface area contributed by atoms with Gasteiger partial charge < -0.3 is 20.5 Å². The summed E-state index contributed by atoms with van der Waals surface area (Å²) in [5, 5.41) is 14.1. The SMILES string of the molecule is CC(=O)NCCCCC(NC(=O)OCc1ccccc1)C(=O)O. The summed E-state index contributed by atoms with van der Waals surface area (Å²) >= 11 is 0. The molecule has 0 fully saturated rings. The molecule has 2 amide bonds. The quantitative estimate of drug-likeness (QED) is 0.600. The fourth-order valence-electron chi connectivity index (χ4n) is 1.90. The molecule has 7 nitrogen and oxygen atoms in total. The Bertz CT molecular complexity index is 518. The summed E-state index contributed by atoms with van der Waals surface area (Å²) in [6.07, 6.45) is 0.721. The third kappa shape index (κ3) is 8.45. The Balaban J connectivity index is 2.29. The number of carbonyl (C=O) groups excluding carboxylic acids is 2. The average molecular weight is 322 g/mol. The molecule has 0 bridgehead atoms. The number of aliphatic carboxylic acids is 1. The Hall–Kier alpha value is -2.57. The molecular weight excluding hydrogens is 300 g/mol. The van der Waals surface area contributed by atoms with Crippen molar-refractivity contribution in [3.05, 3.63) is 35.9 Å². The van der Waals surface area contributed by atoms with Crippen molar-refractivity contribution in [3.63, 3.8) is 0 Å². The van der Waals surface area contributed by atoms with E-state index in [1.54, 1.807) is 0 Å². The fourth-order valence-corrected chi connectivity index (χ4v) is 1.90. The Morgan fingerprint density at radius 3 is 2.48 bits per heavy atom. The predicted octanol–water partition coefficient (Wildman–Crippen LogP) is 1.67. The van der Waals surface area contributed by atoms with E-state index in [9.17, 15) is 14.4 Å². The van der Waals surface area contributed by atoms with E-state index in [0.29, 0.717) is 19.4 Å². The second kappa shape index (κ2) is 10.2. The normalized spacial score (nSPS) is 11.3. The number of hydrogen-bond acceptors (Lipinski definition) is 4. The fraction of sp³-hybridized carbons (Fsp3) is 0.438. The molecule has 0 spiro atoms. The van der Waals surface area contributed by atoms with Crippen LogP contribution in [0.15, 0.2) is 30.3 Å². The lowest BCUT2D eigenvalue weighted by Gasteiger charge is -2.14. The molecule has 0 aliphatic heterocycles. The van der Waals surface area contributed by atoms with Gasteiger partial charge in [-0.1, -0.05) is 30.3 Å². The van der Waals surface area contributed by atoms with Gasteiger partial charge in [0.25, 0.3) is 0 Å². The Morgan fingerprint density at radius 1 is 1.17 bits per heavy atom. The molecule has 7 heteroatoms. The maximum absolute atomic E-state index is 11.7. The van der Waals surface area contributed by atoms with Gasteiger partial charge in [0.2, 0.25) is 5.91 Å². The highest BCUT2D eigenvalue weighted by Gasteiger charge is 2.20. The summed E-state index contributed by atoms with van der Waals surface area (Å²) in [5.41, 5.74) is 0.824. The van der Waals surface area contributed by atoms with E-state index in [0.717, 1.165) is 5.56 Å². The van der Waals surface area contributed by atoms with E-state index in [-0.39, 0.29) is 18.9 Å². The molecule has 0 saturated carbocycles. The molecule has 1 rings (SSSR count). The Kier molecular flexibility index (Phi) is 8.20. The number of unbranched alkanes of at least 4 members (excludes halogenated alkanes) is 1. The zero-order valence-corrected chi connectivity index (χ0v) is 13.1. The van der Waals surface area contributed by atoms with Gasteiger partial charge in [-0.05, 0) is 24.8 Å². The van der Waals surface area contributed by atoms with Crippen molar-refractivity contribution >= 4 is 18.0 Å². The van der Waals surface area contributed by atoms with E-state index in [4.69, 9.17) is 9.84 Å². The molecule has 0 heterocycles. The van der Waals surface area contributed by atoms with Crippen molar-refractivity contribution in [1.29, 1.82) is 0 Å². The van der Waals surface area contributed by atoms with Crippen molar-refractivity contribution < 1.29 is 24.2 Å². The lowest BCUT2D eigenvalue weighted by atomic mass is 10.1. The van der Waals surface area contributed by atoms with Gasteiger partial charge in [0.1, 0.15) is 12.6 Å². The molecule has 0 aromatic heterocycles. The number of amides is 2. The van der Waals surface area contributed by atoms with E-state index >= 15 is 0 Å². The number of benzene rings is 1. The maximum atomic E-state index is 11.7. The van der Waals surface area contributed by atoms with Crippen LogP contribution in [0.2, 0.25) is 0 Å². The van der Waals surface area contributed by atoms with Crippen LogP contribution in [-0.2, 0) is 20.9 Å². The predicted molar refractivity (Wildman–Crippen MR) is 83.7 cm³/mol. The summed E-state index contributed by atoms with van der Waals surface area (Å²) in [6.45, 7) is 1.99. The lowest BCUT2D eigenvalue weighted by molar-refractivity contribution is -0.139. The van der Waals surface area contributed by atoms with Crippen LogP contribution in [-0.4, -0.2) is 35.7 Å². The summed E-state index contributed by atoms with van der Waals surface area (Å²) in [5.74, 6) is -1.23. The topological polar surface area (TPSA) is 105 Å². The van der Waals surface area contributed by atoms with E-state index in [2.05, 4.69) is 10.6 Å². The standard InChI is InChI=1S/C16H22N2O5/c1-12(19)17-10-6-5-9-14(15(20)21)18-16(22)23-11-13-7-3-2-4-8-13/h2-4,7-8,14H,5-6,9-11H2,1H3,(H,17,19)(H,18,22)(H,20,21). The molecule has 0 saturated heterocycles. The smallest absolute Gasteiger partial charge is 0.408 e. The van der Waals surface area contributed by atoms with Crippen LogP contribution >= 0.6 is 0 Å². The van der Waals surface area contributed by atoms with Crippen molar-refractivity contribution in [3.8, 4) is 0 Å².